The van der Waals surface area contributed by atoms with Crippen LogP contribution in [-0.4, -0.2) is 38.5 Å². The zero-order chi connectivity index (χ0) is 31.7. The molecule has 6 rings (SSSR count). The SMILES string of the molecule is COC(=O)c1c2cccc(-c3ccc(Cl)cc3Cl)c2nn1C.Cn1nc2c(-c3ccc(Cl)cc3Cl)cccc2c1C(=O)NN. The lowest BCUT2D eigenvalue weighted by atomic mass is 10.0. The van der Waals surface area contributed by atoms with Crippen LogP contribution in [0.1, 0.15) is 21.0 Å². The van der Waals surface area contributed by atoms with Crippen molar-refractivity contribution in [2.45, 2.75) is 0 Å². The molecule has 0 aliphatic carbocycles. The summed E-state index contributed by atoms with van der Waals surface area (Å²) in [6.45, 7) is 0. The maximum absolute atomic E-state index is 11.9. The van der Waals surface area contributed by atoms with E-state index in [1.807, 2.05) is 48.5 Å². The Balaban J connectivity index is 0.000000175. The van der Waals surface area contributed by atoms with Crippen LogP contribution in [0.4, 0.5) is 0 Å². The van der Waals surface area contributed by atoms with Crippen LogP contribution in [0.2, 0.25) is 20.1 Å². The van der Waals surface area contributed by atoms with Crippen LogP contribution in [0.25, 0.3) is 44.1 Å². The van der Waals surface area contributed by atoms with Crippen LogP contribution in [0, 0.1) is 0 Å². The molecule has 13 heteroatoms. The van der Waals surface area contributed by atoms with E-state index in [0.717, 1.165) is 27.6 Å². The number of fused-ring (bicyclic) bond motifs is 2. The third-order valence-corrected chi connectivity index (χ3v) is 7.99. The summed E-state index contributed by atoms with van der Waals surface area (Å²) in [6.07, 6.45) is 0. The third kappa shape index (κ3) is 5.85. The number of hydrogen-bond acceptors (Lipinski definition) is 6. The highest BCUT2D eigenvalue weighted by atomic mass is 35.5. The van der Waals surface area contributed by atoms with Crippen molar-refractivity contribution in [1.29, 1.82) is 0 Å². The highest BCUT2D eigenvalue weighted by molar-refractivity contribution is 6.37. The molecule has 0 fully saturated rings. The van der Waals surface area contributed by atoms with E-state index >= 15 is 0 Å². The summed E-state index contributed by atoms with van der Waals surface area (Å²) in [6, 6.07) is 21.7. The van der Waals surface area contributed by atoms with Crippen molar-refractivity contribution in [3.8, 4) is 22.3 Å². The lowest BCUT2D eigenvalue weighted by Crippen LogP contribution is -2.31. The Kier molecular flexibility index (Phi) is 9.15. The number of esters is 1. The van der Waals surface area contributed by atoms with E-state index in [9.17, 15) is 9.59 Å². The van der Waals surface area contributed by atoms with Gasteiger partial charge in [0.15, 0.2) is 5.69 Å². The molecule has 0 saturated carbocycles. The van der Waals surface area contributed by atoms with Gasteiger partial charge in [0.2, 0.25) is 0 Å². The average Bonchev–Trinajstić information content (AvgIpc) is 3.52. The normalized spacial score (nSPS) is 10.9. The molecule has 4 aromatic carbocycles. The molecule has 6 aromatic rings. The summed E-state index contributed by atoms with van der Waals surface area (Å²) in [7, 11) is 4.75. The van der Waals surface area contributed by atoms with E-state index in [4.69, 9.17) is 57.0 Å². The molecular formula is C31H24Cl4N6O3. The second-order valence-corrected chi connectivity index (χ2v) is 11.2. The minimum Gasteiger partial charge on any atom is -0.464 e. The van der Waals surface area contributed by atoms with Gasteiger partial charge in [-0.1, -0.05) is 94.9 Å². The first-order valence-electron chi connectivity index (χ1n) is 13.0. The molecule has 224 valence electrons. The van der Waals surface area contributed by atoms with Crippen molar-refractivity contribution >= 4 is 80.1 Å². The fraction of sp³-hybridized carbons (Fsp3) is 0.0968. The Bertz CT molecular complexity index is 1920. The Hall–Kier alpha value is -4.12. The number of hydrazine groups is 1. The minimum absolute atomic E-state index is 0.393. The molecule has 44 heavy (non-hydrogen) atoms. The molecule has 0 atom stereocenters. The number of nitrogen functional groups attached to an aromatic ring is 1. The molecule has 0 radical (unpaired) electrons. The van der Waals surface area contributed by atoms with Gasteiger partial charge in [0.25, 0.3) is 5.91 Å². The number of carbonyl (C=O) groups excluding carboxylic acids is 2. The predicted octanol–water partition coefficient (Wildman–Crippen LogP) is 7.48. The van der Waals surface area contributed by atoms with Gasteiger partial charge in [-0.25, -0.2) is 10.6 Å². The molecule has 0 saturated heterocycles. The Labute approximate surface area is 272 Å². The van der Waals surface area contributed by atoms with Crippen LogP contribution in [0.3, 0.4) is 0 Å². The second kappa shape index (κ2) is 12.9. The number of ether oxygens (including phenoxy) is 1. The number of amides is 1. The summed E-state index contributed by atoms with van der Waals surface area (Å²) in [4.78, 5) is 23.9. The van der Waals surface area contributed by atoms with Crippen molar-refractivity contribution in [3.05, 3.63) is 104 Å². The number of nitrogens with zero attached hydrogens (tertiary/aromatic N) is 4. The van der Waals surface area contributed by atoms with Gasteiger partial charge >= 0.3 is 5.97 Å². The fourth-order valence-corrected chi connectivity index (χ4v) is 5.98. The first-order valence-corrected chi connectivity index (χ1v) is 14.5. The molecule has 3 N–H and O–H groups in total. The van der Waals surface area contributed by atoms with E-state index in [2.05, 4.69) is 15.6 Å². The number of methoxy groups -OCH3 is 1. The van der Waals surface area contributed by atoms with Crippen LogP contribution < -0.4 is 11.3 Å². The van der Waals surface area contributed by atoms with Gasteiger partial charge in [0, 0.05) is 67.2 Å². The number of rotatable bonds is 4. The van der Waals surface area contributed by atoms with E-state index < -0.39 is 11.9 Å². The fourth-order valence-electron chi connectivity index (χ4n) is 4.96. The Morgan fingerprint density at radius 1 is 0.705 bits per heavy atom. The van der Waals surface area contributed by atoms with E-state index in [1.165, 1.54) is 16.5 Å². The highest BCUT2D eigenvalue weighted by Gasteiger charge is 2.21. The molecule has 0 aliphatic rings. The van der Waals surface area contributed by atoms with Crippen LogP contribution in [-0.2, 0) is 18.8 Å². The van der Waals surface area contributed by atoms with Crippen LogP contribution >= 0.6 is 46.4 Å². The number of aromatic nitrogens is 4. The molecule has 0 spiro atoms. The molecule has 0 bridgehead atoms. The largest absolute Gasteiger partial charge is 0.464 e. The van der Waals surface area contributed by atoms with Gasteiger partial charge < -0.3 is 4.74 Å². The minimum atomic E-state index is -0.427. The summed E-state index contributed by atoms with van der Waals surface area (Å²) >= 11 is 24.5. The maximum atomic E-state index is 11.9. The van der Waals surface area contributed by atoms with E-state index in [1.54, 1.807) is 38.4 Å². The van der Waals surface area contributed by atoms with Gasteiger partial charge in [-0.05, 0) is 24.3 Å². The van der Waals surface area contributed by atoms with Gasteiger partial charge in [-0.2, -0.15) is 10.2 Å². The molecular weight excluding hydrogens is 646 g/mol. The van der Waals surface area contributed by atoms with Gasteiger partial charge in [-0.3, -0.25) is 19.6 Å². The molecule has 0 unspecified atom stereocenters. The zero-order valence-electron chi connectivity index (χ0n) is 23.5. The summed E-state index contributed by atoms with van der Waals surface area (Å²) in [5, 5.41) is 12.5. The highest BCUT2D eigenvalue weighted by Crippen LogP contribution is 2.36. The number of carbonyl (C=O) groups is 2. The van der Waals surface area contributed by atoms with Crippen molar-refractivity contribution in [1.82, 2.24) is 25.0 Å². The number of halogens is 4. The molecule has 2 heterocycles. The van der Waals surface area contributed by atoms with Crippen molar-refractivity contribution in [2.24, 2.45) is 19.9 Å². The monoisotopic (exact) mass is 668 g/mol. The summed E-state index contributed by atoms with van der Waals surface area (Å²) in [5.41, 5.74) is 7.57. The number of nitrogens with two attached hydrogens (primary N) is 1. The lowest BCUT2D eigenvalue weighted by Gasteiger charge is -2.06. The summed E-state index contributed by atoms with van der Waals surface area (Å²) in [5.74, 6) is 4.41. The molecule has 1 amide bonds. The average molecular weight is 670 g/mol. The number of benzene rings is 4. The van der Waals surface area contributed by atoms with Crippen LogP contribution in [0.5, 0.6) is 0 Å². The Morgan fingerprint density at radius 3 is 1.59 bits per heavy atom. The quantitative estimate of drug-likeness (QED) is 0.0870. The number of aryl methyl sites for hydroxylation is 2. The first-order chi connectivity index (χ1) is 21.0. The van der Waals surface area contributed by atoms with Crippen molar-refractivity contribution in [3.63, 3.8) is 0 Å². The Morgan fingerprint density at radius 2 is 1.16 bits per heavy atom. The van der Waals surface area contributed by atoms with Gasteiger partial charge in [0.05, 0.1) is 7.11 Å². The maximum Gasteiger partial charge on any atom is 0.356 e. The molecule has 2 aromatic heterocycles. The van der Waals surface area contributed by atoms with Crippen LogP contribution in [0.15, 0.2) is 72.8 Å². The number of nitrogens with one attached hydrogen (secondary N) is 1. The van der Waals surface area contributed by atoms with Gasteiger partial charge in [-0.15, -0.1) is 0 Å². The first kappa shape index (κ1) is 31.3. The lowest BCUT2D eigenvalue weighted by molar-refractivity contribution is 0.0590. The molecule has 9 nitrogen and oxygen atoms in total. The molecule has 0 aliphatic heterocycles. The van der Waals surface area contributed by atoms with Crippen molar-refractivity contribution < 1.29 is 14.3 Å². The second-order valence-electron chi connectivity index (χ2n) is 9.56. The topological polar surface area (TPSA) is 117 Å². The zero-order valence-corrected chi connectivity index (χ0v) is 26.6. The van der Waals surface area contributed by atoms with E-state index in [0.29, 0.717) is 47.9 Å². The third-order valence-electron chi connectivity index (χ3n) is 6.90. The van der Waals surface area contributed by atoms with Crippen molar-refractivity contribution in [2.75, 3.05) is 7.11 Å². The standard InChI is InChI=1S/C16H12Cl2N2O2.C15H12Cl2N4O/c1-20-15(16(21)22-2)12-5-3-4-11(14(12)19-20)10-7-6-9(17)8-13(10)18;1-21-14(15(22)19-18)11-4-2-3-10(13(11)20-21)9-6-5-8(16)7-12(9)17/h3-8H,1-2H3;2-7H,18H2,1H3,(H,19,22). The number of hydrogen-bond donors (Lipinski definition) is 2. The van der Waals surface area contributed by atoms with Gasteiger partial charge in [0.1, 0.15) is 16.7 Å². The smallest absolute Gasteiger partial charge is 0.356 e. The predicted molar refractivity (Wildman–Crippen MR) is 175 cm³/mol. The summed E-state index contributed by atoms with van der Waals surface area (Å²) < 4.78 is 7.84. The van der Waals surface area contributed by atoms with E-state index in [-0.39, 0.29) is 0 Å².